The highest BCUT2D eigenvalue weighted by atomic mass is 16.4. The van der Waals surface area contributed by atoms with E-state index >= 15 is 0 Å². The van der Waals surface area contributed by atoms with Crippen molar-refractivity contribution in [1.82, 2.24) is 9.80 Å². The summed E-state index contributed by atoms with van der Waals surface area (Å²) in [5.74, 6) is -0.904. The number of β-amino-alcohol motifs (C(OH)–C–C–N with tert-alkyl or cyclic N) is 1. The summed E-state index contributed by atoms with van der Waals surface area (Å²) in [6.45, 7) is 2.35. The average molecular weight is 278 g/mol. The Morgan fingerprint density at radius 2 is 2.00 bits per heavy atom. The van der Waals surface area contributed by atoms with E-state index in [0.29, 0.717) is 18.2 Å². The van der Waals surface area contributed by atoms with E-state index in [4.69, 9.17) is 5.11 Å². The second kappa shape index (κ2) is 6.35. The van der Waals surface area contributed by atoms with Gasteiger partial charge in [0.15, 0.2) is 0 Å². The highest BCUT2D eigenvalue weighted by molar-refractivity contribution is 5.87. The van der Waals surface area contributed by atoms with Crippen LogP contribution in [0, 0.1) is 0 Å². The van der Waals surface area contributed by atoms with Crippen LogP contribution in [0.4, 0.5) is 0 Å². The molecule has 110 valence electrons. The van der Waals surface area contributed by atoms with Crippen LogP contribution in [0.5, 0.6) is 0 Å². The van der Waals surface area contributed by atoms with E-state index in [9.17, 15) is 9.90 Å². The van der Waals surface area contributed by atoms with Gasteiger partial charge in [0.25, 0.3) is 0 Å². The molecule has 1 aromatic carbocycles. The zero-order valence-corrected chi connectivity index (χ0v) is 12.0. The van der Waals surface area contributed by atoms with Crippen LogP contribution in [0.1, 0.15) is 22.3 Å². The van der Waals surface area contributed by atoms with Crippen LogP contribution in [0.3, 0.4) is 0 Å². The zero-order chi connectivity index (χ0) is 14.7. The maximum atomic E-state index is 10.8. The first-order chi connectivity index (χ1) is 9.45. The lowest BCUT2D eigenvalue weighted by Crippen LogP contribution is -2.37. The quantitative estimate of drug-likeness (QED) is 0.837. The Morgan fingerprint density at radius 3 is 2.55 bits per heavy atom. The number of nitrogens with zero attached hydrogens (tertiary/aromatic N) is 2. The Bertz CT molecular complexity index is 459. The number of carbonyl (C=O) groups is 1. The molecule has 2 N–H and O–H groups in total. The van der Waals surface area contributed by atoms with Crippen LogP contribution in [0.2, 0.25) is 0 Å². The average Bonchev–Trinajstić information content (AvgIpc) is 2.69. The number of carboxylic acid groups (broad SMARTS) is 1. The lowest BCUT2D eigenvalue weighted by molar-refractivity contribution is 0.0697. The topological polar surface area (TPSA) is 64.0 Å². The van der Waals surface area contributed by atoms with Gasteiger partial charge in [-0.25, -0.2) is 4.79 Å². The summed E-state index contributed by atoms with van der Waals surface area (Å²) in [6, 6.07) is 7.30. The van der Waals surface area contributed by atoms with E-state index in [1.54, 1.807) is 12.1 Å². The van der Waals surface area contributed by atoms with Crippen molar-refractivity contribution in [1.29, 1.82) is 0 Å². The monoisotopic (exact) mass is 278 g/mol. The predicted octanol–water partition coefficient (Wildman–Crippen LogP) is 0.882. The van der Waals surface area contributed by atoms with Crippen molar-refractivity contribution in [2.45, 2.75) is 25.1 Å². The Kier molecular flexibility index (Phi) is 4.75. The Labute approximate surface area is 119 Å². The molecule has 1 aromatic rings. The van der Waals surface area contributed by atoms with Gasteiger partial charge in [0.2, 0.25) is 0 Å². The third-order valence-electron chi connectivity index (χ3n) is 3.67. The van der Waals surface area contributed by atoms with Crippen molar-refractivity contribution < 1.29 is 15.0 Å². The smallest absolute Gasteiger partial charge is 0.335 e. The fraction of sp³-hybridized carbons (Fsp3) is 0.533. The van der Waals surface area contributed by atoms with Gasteiger partial charge < -0.3 is 15.1 Å². The van der Waals surface area contributed by atoms with Crippen molar-refractivity contribution in [3.63, 3.8) is 0 Å². The number of aromatic carboxylic acids is 1. The fourth-order valence-electron chi connectivity index (χ4n) is 2.75. The largest absolute Gasteiger partial charge is 0.478 e. The summed E-state index contributed by atoms with van der Waals surface area (Å²) in [4.78, 5) is 15.2. The maximum absolute atomic E-state index is 10.8. The lowest BCUT2D eigenvalue weighted by atomic mass is 10.1. The first-order valence-corrected chi connectivity index (χ1v) is 6.85. The number of aliphatic hydroxyl groups is 1. The van der Waals surface area contributed by atoms with Crippen molar-refractivity contribution in [3.8, 4) is 0 Å². The molecule has 0 saturated carbocycles. The minimum atomic E-state index is -0.904. The molecule has 1 fully saturated rings. The van der Waals surface area contributed by atoms with Crippen molar-refractivity contribution in [2.75, 3.05) is 27.2 Å². The molecule has 0 aromatic heterocycles. The second-order valence-electron chi connectivity index (χ2n) is 5.74. The highest BCUT2D eigenvalue weighted by Crippen LogP contribution is 2.21. The maximum Gasteiger partial charge on any atom is 0.335 e. The molecule has 1 aliphatic heterocycles. The Hall–Kier alpha value is -1.43. The van der Waals surface area contributed by atoms with Gasteiger partial charge in [-0.15, -0.1) is 0 Å². The molecule has 1 saturated heterocycles. The highest BCUT2D eigenvalue weighted by Gasteiger charge is 2.30. The van der Waals surface area contributed by atoms with E-state index in [-0.39, 0.29) is 6.10 Å². The third-order valence-corrected chi connectivity index (χ3v) is 3.67. The number of aliphatic hydroxyl groups excluding tert-OH is 1. The van der Waals surface area contributed by atoms with Crippen LogP contribution in [0.25, 0.3) is 0 Å². The molecule has 20 heavy (non-hydrogen) atoms. The van der Waals surface area contributed by atoms with Gasteiger partial charge in [-0.2, -0.15) is 0 Å². The van der Waals surface area contributed by atoms with Crippen LogP contribution in [-0.2, 0) is 6.54 Å². The lowest BCUT2D eigenvalue weighted by Gasteiger charge is -2.26. The van der Waals surface area contributed by atoms with Crippen LogP contribution in [0.15, 0.2) is 24.3 Å². The number of benzene rings is 1. The molecule has 2 atom stereocenters. The van der Waals surface area contributed by atoms with Gasteiger partial charge in [0, 0.05) is 25.7 Å². The Balaban J connectivity index is 2.02. The van der Waals surface area contributed by atoms with Crippen LogP contribution in [-0.4, -0.2) is 65.3 Å². The molecular formula is C15H22N2O3. The second-order valence-corrected chi connectivity index (χ2v) is 5.74. The normalized spacial score (nSPS) is 23.4. The number of hydrogen-bond acceptors (Lipinski definition) is 4. The number of carboxylic acids is 1. The molecule has 1 aliphatic rings. The fourth-order valence-corrected chi connectivity index (χ4v) is 2.75. The van der Waals surface area contributed by atoms with E-state index < -0.39 is 5.97 Å². The van der Waals surface area contributed by atoms with E-state index in [1.807, 2.05) is 26.2 Å². The SMILES string of the molecule is CN(C)CC1CC(O)CN1Cc1ccc(C(=O)O)cc1. The van der Waals surface area contributed by atoms with Crippen molar-refractivity contribution >= 4 is 5.97 Å². The summed E-state index contributed by atoms with van der Waals surface area (Å²) >= 11 is 0. The van der Waals surface area contributed by atoms with E-state index in [0.717, 1.165) is 25.1 Å². The molecule has 0 spiro atoms. The molecule has 2 unspecified atom stereocenters. The van der Waals surface area contributed by atoms with Crippen LogP contribution < -0.4 is 0 Å². The summed E-state index contributed by atoms with van der Waals surface area (Å²) in [5, 5.41) is 18.7. The molecule has 2 rings (SSSR count). The molecule has 5 nitrogen and oxygen atoms in total. The number of likely N-dealkylation sites (N-methyl/N-ethyl adjacent to an activating group) is 1. The molecule has 5 heteroatoms. The summed E-state index contributed by atoms with van der Waals surface area (Å²) in [6.07, 6.45) is 0.531. The standard InChI is InChI=1S/C15H22N2O3/c1-16(2)9-13-7-14(18)10-17(13)8-11-3-5-12(6-4-11)15(19)20/h3-6,13-14,18H,7-10H2,1-2H3,(H,19,20). The minimum absolute atomic E-state index is 0.266. The number of rotatable bonds is 5. The third kappa shape index (κ3) is 3.79. The van der Waals surface area contributed by atoms with Gasteiger partial charge in [-0.3, -0.25) is 4.90 Å². The number of likely N-dealkylation sites (tertiary alicyclic amines) is 1. The summed E-state index contributed by atoms with van der Waals surface area (Å²) in [7, 11) is 4.06. The first kappa shape index (κ1) is 15.0. The first-order valence-electron chi connectivity index (χ1n) is 6.85. The Morgan fingerprint density at radius 1 is 1.35 bits per heavy atom. The van der Waals surface area contributed by atoms with Gasteiger partial charge >= 0.3 is 5.97 Å². The van der Waals surface area contributed by atoms with Gasteiger partial charge in [0.1, 0.15) is 0 Å². The molecule has 0 amide bonds. The van der Waals surface area contributed by atoms with E-state index in [2.05, 4.69) is 9.80 Å². The molecule has 0 aliphatic carbocycles. The van der Waals surface area contributed by atoms with Gasteiger partial charge in [0.05, 0.1) is 11.7 Å². The number of hydrogen-bond donors (Lipinski definition) is 2. The zero-order valence-electron chi connectivity index (χ0n) is 12.0. The van der Waals surface area contributed by atoms with Crippen LogP contribution >= 0.6 is 0 Å². The van der Waals surface area contributed by atoms with Crippen molar-refractivity contribution in [2.24, 2.45) is 0 Å². The summed E-state index contributed by atoms with van der Waals surface area (Å²) in [5.41, 5.74) is 1.38. The summed E-state index contributed by atoms with van der Waals surface area (Å²) < 4.78 is 0. The molecule has 1 heterocycles. The van der Waals surface area contributed by atoms with Crippen molar-refractivity contribution in [3.05, 3.63) is 35.4 Å². The van der Waals surface area contributed by atoms with Gasteiger partial charge in [-0.1, -0.05) is 12.1 Å². The van der Waals surface area contributed by atoms with Gasteiger partial charge in [-0.05, 0) is 38.2 Å². The van der Waals surface area contributed by atoms with E-state index in [1.165, 1.54) is 0 Å². The predicted molar refractivity (Wildman–Crippen MR) is 76.8 cm³/mol. The molecule has 0 bridgehead atoms. The molecular weight excluding hydrogens is 256 g/mol. The minimum Gasteiger partial charge on any atom is -0.478 e. The molecule has 0 radical (unpaired) electrons.